The molecule has 1 saturated heterocycles. The average molecular weight is 265 g/mol. The highest BCUT2D eigenvalue weighted by Crippen LogP contribution is 2.21. The van der Waals surface area contributed by atoms with Crippen LogP contribution in [-0.4, -0.2) is 44.9 Å². The zero-order valence-electron chi connectivity index (χ0n) is 12.0. The van der Waals surface area contributed by atoms with Crippen molar-refractivity contribution in [2.24, 2.45) is 7.05 Å². The number of aliphatic hydroxyl groups excluding tert-OH is 1. The lowest BCUT2D eigenvalue weighted by molar-refractivity contribution is 0.0492. The van der Waals surface area contributed by atoms with Gasteiger partial charge in [0.1, 0.15) is 5.69 Å². The van der Waals surface area contributed by atoms with Crippen molar-refractivity contribution in [1.29, 1.82) is 0 Å². The van der Waals surface area contributed by atoms with E-state index in [1.54, 1.807) is 16.6 Å². The van der Waals surface area contributed by atoms with Crippen molar-refractivity contribution in [3.05, 3.63) is 17.5 Å². The van der Waals surface area contributed by atoms with Crippen molar-refractivity contribution < 1.29 is 9.90 Å². The number of piperidine rings is 1. The van der Waals surface area contributed by atoms with Gasteiger partial charge in [-0.3, -0.25) is 9.48 Å². The smallest absolute Gasteiger partial charge is 0.272 e. The summed E-state index contributed by atoms with van der Waals surface area (Å²) >= 11 is 0. The van der Waals surface area contributed by atoms with E-state index in [9.17, 15) is 9.90 Å². The molecule has 5 nitrogen and oxygen atoms in total. The molecule has 1 aromatic rings. The molecule has 5 heteroatoms. The van der Waals surface area contributed by atoms with Gasteiger partial charge in [0.25, 0.3) is 5.91 Å². The Balaban J connectivity index is 2.22. The van der Waals surface area contributed by atoms with Crippen molar-refractivity contribution >= 4 is 5.91 Å². The Kier molecular flexibility index (Phi) is 4.24. The monoisotopic (exact) mass is 265 g/mol. The Bertz CT molecular complexity index is 454. The molecular weight excluding hydrogens is 242 g/mol. The number of aliphatic hydroxyl groups is 1. The number of hydrogen-bond donors (Lipinski definition) is 1. The summed E-state index contributed by atoms with van der Waals surface area (Å²) in [5.41, 5.74) is 1.55. The van der Waals surface area contributed by atoms with Crippen LogP contribution >= 0.6 is 0 Å². The zero-order valence-corrected chi connectivity index (χ0v) is 12.0. The molecular formula is C14H23N3O2. The maximum absolute atomic E-state index is 12.6. The van der Waals surface area contributed by atoms with Gasteiger partial charge in [-0.1, -0.05) is 13.8 Å². The fourth-order valence-corrected chi connectivity index (χ4v) is 2.58. The Labute approximate surface area is 114 Å². The maximum Gasteiger partial charge on any atom is 0.272 e. The summed E-state index contributed by atoms with van der Waals surface area (Å²) < 4.78 is 1.65. The number of hydrogen-bond acceptors (Lipinski definition) is 3. The molecule has 1 amide bonds. The normalized spacial score (nSPS) is 20.1. The van der Waals surface area contributed by atoms with Gasteiger partial charge in [0.15, 0.2) is 0 Å². The minimum atomic E-state index is -0.0429. The van der Waals surface area contributed by atoms with Gasteiger partial charge in [-0.05, 0) is 31.2 Å². The molecule has 2 rings (SSSR count). The van der Waals surface area contributed by atoms with Gasteiger partial charge >= 0.3 is 0 Å². The van der Waals surface area contributed by atoms with Gasteiger partial charge in [0, 0.05) is 13.6 Å². The van der Waals surface area contributed by atoms with Crippen molar-refractivity contribution in [2.45, 2.75) is 45.1 Å². The van der Waals surface area contributed by atoms with E-state index < -0.39 is 0 Å². The third-order valence-electron chi connectivity index (χ3n) is 3.81. The lowest BCUT2D eigenvalue weighted by atomic mass is 10.0. The second-order valence-electron chi connectivity index (χ2n) is 5.56. The first-order chi connectivity index (χ1) is 9.04. The number of carbonyl (C=O) groups excluding carboxylic acids is 1. The number of rotatable bonds is 3. The molecule has 0 aliphatic carbocycles. The van der Waals surface area contributed by atoms with E-state index >= 15 is 0 Å². The topological polar surface area (TPSA) is 58.4 Å². The highest BCUT2D eigenvalue weighted by molar-refractivity contribution is 5.93. The molecule has 0 spiro atoms. The van der Waals surface area contributed by atoms with Crippen LogP contribution < -0.4 is 0 Å². The van der Waals surface area contributed by atoms with Crippen LogP contribution in [0.2, 0.25) is 0 Å². The molecule has 1 N–H and O–H groups in total. The van der Waals surface area contributed by atoms with Gasteiger partial charge in [0.05, 0.1) is 18.3 Å². The molecule has 0 saturated carbocycles. The molecule has 2 heterocycles. The van der Waals surface area contributed by atoms with Crippen molar-refractivity contribution in [1.82, 2.24) is 14.7 Å². The van der Waals surface area contributed by atoms with Crippen LogP contribution in [0.4, 0.5) is 0 Å². The van der Waals surface area contributed by atoms with Gasteiger partial charge in [0.2, 0.25) is 0 Å². The molecule has 1 aliphatic heterocycles. The van der Waals surface area contributed by atoms with Gasteiger partial charge < -0.3 is 10.0 Å². The predicted octanol–water partition coefficient (Wildman–Crippen LogP) is 1.53. The van der Waals surface area contributed by atoms with Gasteiger partial charge in [-0.2, -0.15) is 5.10 Å². The number of aryl methyl sites for hydroxylation is 1. The largest absolute Gasteiger partial charge is 0.394 e. The van der Waals surface area contributed by atoms with E-state index in [-0.39, 0.29) is 18.6 Å². The fourth-order valence-electron chi connectivity index (χ4n) is 2.58. The summed E-state index contributed by atoms with van der Waals surface area (Å²) in [6, 6.07) is 1.83. The average Bonchev–Trinajstić information content (AvgIpc) is 2.80. The lowest BCUT2D eigenvalue weighted by Crippen LogP contribution is -2.46. The van der Waals surface area contributed by atoms with Crippen LogP contribution in [0.3, 0.4) is 0 Å². The van der Waals surface area contributed by atoms with E-state index in [0.29, 0.717) is 11.6 Å². The van der Waals surface area contributed by atoms with E-state index in [2.05, 4.69) is 18.9 Å². The number of amides is 1. The number of likely N-dealkylation sites (tertiary alicyclic amines) is 1. The third kappa shape index (κ3) is 2.81. The second-order valence-corrected chi connectivity index (χ2v) is 5.56. The molecule has 106 valence electrons. The lowest BCUT2D eigenvalue weighted by Gasteiger charge is -2.34. The zero-order chi connectivity index (χ0) is 14.0. The van der Waals surface area contributed by atoms with E-state index in [1.807, 2.05) is 6.07 Å². The summed E-state index contributed by atoms with van der Waals surface area (Å²) in [5, 5.41) is 13.8. The van der Waals surface area contributed by atoms with Gasteiger partial charge in [-0.25, -0.2) is 0 Å². The molecule has 0 unspecified atom stereocenters. The second kappa shape index (κ2) is 5.74. The van der Waals surface area contributed by atoms with E-state index in [1.165, 1.54) is 0 Å². The van der Waals surface area contributed by atoms with Crippen LogP contribution in [0, 0.1) is 0 Å². The molecule has 0 bridgehead atoms. The van der Waals surface area contributed by atoms with Crippen molar-refractivity contribution in [3.63, 3.8) is 0 Å². The summed E-state index contributed by atoms with van der Waals surface area (Å²) in [6.07, 6.45) is 2.98. The van der Waals surface area contributed by atoms with Crippen LogP contribution in [0.1, 0.15) is 55.2 Å². The molecule has 1 aliphatic rings. The maximum atomic E-state index is 12.6. The van der Waals surface area contributed by atoms with E-state index in [0.717, 1.165) is 31.5 Å². The van der Waals surface area contributed by atoms with Crippen LogP contribution in [0.15, 0.2) is 6.07 Å². The predicted molar refractivity (Wildman–Crippen MR) is 73.1 cm³/mol. The van der Waals surface area contributed by atoms with Gasteiger partial charge in [-0.15, -0.1) is 0 Å². The number of nitrogens with zero attached hydrogens (tertiary/aromatic N) is 3. The number of carbonyl (C=O) groups is 1. The van der Waals surface area contributed by atoms with Crippen LogP contribution in [-0.2, 0) is 7.05 Å². The molecule has 0 radical (unpaired) electrons. The minimum Gasteiger partial charge on any atom is -0.394 e. The minimum absolute atomic E-state index is 0.0133. The third-order valence-corrected chi connectivity index (χ3v) is 3.81. The Morgan fingerprint density at radius 1 is 1.53 bits per heavy atom. The molecule has 1 aromatic heterocycles. The quantitative estimate of drug-likeness (QED) is 0.901. The van der Waals surface area contributed by atoms with E-state index in [4.69, 9.17) is 0 Å². The van der Waals surface area contributed by atoms with Crippen LogP contribution in [0.25, 0.3) is 0 Å². The number of aromatic nitrogens is 2. The highest BCUT2D eigenvalue weighted by atomic mass is 16.3. The first kappa shape index (κ1) is 14.1. The summed E-state index contributed by atoms with van der Waals surface area (Å²) in [5.74, 6) is 0.295. The molecule has 0 aromatic carbocycles. The van der Waals surface area contributed by atoms with Crippen LogP contribution in [0.5, 0.6) is 0 Å². The molecule has 19 heavy (non-hydrogen) atoms. The Hall–Kier alpha value is -1.36. The summed E-state index contributed by atoms with van der Waals surface area (Å²) in [4.78, 5) is 14.4. The highest BCUT2D eigenvalue weighted by Gasteiger charge is 2.29. The first-order valence-electron chi connectivity index (χ1n) is 7.00. The van der Waals surface area contributed by atoms with Crippen molar-refractivity contribution in [2.75, 3.05) is 13.2 Å². The first-order valence-corrected chi connectivity index (χ1v) is 7.00. The molecule has 1 fully saturated rings. The fraction of sp³-hybridized carbons (Fsp3) is 0.714. The SMILES string of the molecule is CC(C)c1cc(C(=O)N2CCCC[C@@H]2CO)n(C)n1. The van der Waals surface area contributed by atoms with Crippen molar-refractivity contribution in [3.8, 4) is 0 Å². The Morgan fingerprint density at radius 2 is 2.26 bits per heavy atom. The summed E-state index contributed by atoms with van der Waals surface area (Å²) in [6.45, 7) is 4.90. The Morgan fingerprint density at radius 3 is 2.84 bits per heavy atom. The molecule has 1 atom stereocenters. The summed E-state index contributed by atoms with van der Waals surface area (Å²) in [7, 11) is 1.80. The standard InChI is InChI=1S/C14H23N3O2/c1-10(2)12-8-13(16(3)15-12)14(19)17-7-5-4-6-11(17)9-18/h8,10-11,18H,4-7,9H2,1-3H3/t11-/m1/s1.